The van der Waals surface area contributed by atoms with Gasteiger partial charge in [-0.25, -0.2) is 9.78 Å². The molecular weight excluding hydrogens is 252 g/mol. The van der Waals surface area contributed by atoms with E-state index >= 15 is 0 Å². The van der Waals surface area contributed by atoms with E-state index in [0.717, 1.165) is 17.9 Å². The van der Waals surface area contributed by atoms with Crippen LogP contribution in [0.2, 0.25) is 0 Å². The predicted octanol–water partition coefficient (Wildman–Crippen LogP) is 1.36. The summed E-state index contributed by atoms with van der Waals surface area (Å²) in [7, 11) is 1.74. The first-order valence-electron chi connectivity index (χ1n) is 5.65. The molecule has 0 aromatic carbocycles. The molecule has 1 aliphatic heterocycles. The van der Waals surface area contributed by atoms with E-state index in [0.29, 0.717) is 0 Å². The van der Waals surface area contributed by atoms with Gasteiger partial charge in [-0.05, 0) is 24.3 Å². The molecule has 5 nitrogen and oxygen atoms in total. The monoisotopic (exact) mass is 266 g/mol. The maximum Gasteiger partial charge on any atom is 0.354 e. The van der Waals surface area contributed by atoms with Crippen LogP contribution >= 0.6 is 11.8 Å². The fourth-order valence-corrected chi connectivity index (χ4v) is 3.11. The fourth-order valence-electron chi connectivity index (χ4n) is 1.85. The molecule has 0 spiro atoms. The van der Waals surface area contributed by atoms with Crippen LogP contribution < -0.4 is 0 Å². The molecule has 1 amide bonds. The number of nitrogens with zero attached hydrogens (tertiary/aromatic N) is 2. The lowest BCUT2D eigenvalue weighted by Crippen LogP contribution is -2.37. The van der Waals surface area contributed by atoms with Gasteiger partial charge in [0.1, 0.15) is 11.4 Å². The van der Waals surface area contributed by atoms with Gasteiger partial charge in [-0.15, -0.1) is 0 Å². The molecule has 2 heterocycles. The van der Waals surface area contributed by atoms with E-state index in [2.05, 4.69) is 4.98 Å². The topological polar surface area (TPSA) is 70.5 Å². The second kappa shape index (κ2) is 5.39. The van der Waals surface area contributed by atoms with Crippen molar-refractivity contribution >= 4 is 23.6 Å². The molecule has 0 aliphatic carbocycles. The average Bonchev–Trinajstić information content (AvgIpc) is 2.91. The molecule has 18 heavy (non-hydrogen) atoms. The first-order valence-corrected chi connectivity index (χ1v) is 6.80. The smallest absolute Gasteiger partial charge is 0.354 e. The van der Waals surface area contributed by atoms with E-state index in [1.807, 2.05) is 11.8 Å². The molecule has 1 aromatic heterocycles. The van der Waals surface area contributed by atoms with Crippen LogP contribution in [0.5, 0.6) is 0 Å². The van der Waals surface area contributed by atoms with Gasteiger partial charge in [0.25, 0.3) is 5.91 Å². The molecule has 0 radical (unpaired) electrons. The molecule has 0 bridgehead atoms. The first kappa shape index (κ1) is 12.9. The minimum absolute atomic E-state index is 0.102. The number of rotatable bonds is 3. The summed E-state index contributed by atoms with van der Waals surface area (Å²) in [6, 6.07) is 4.69. The number of carboxylic acid groups (broad SMARTS) is 1. The molecule has 0 saturated carbocycles. The van der Waals surface area contributed by atoms with Gasteiger partial charge in [-0.1, -0.05) is 6.07 Å². The van der Waals surface area contributed by atoms with Crippen LogP contribution in [0.15, 0.2) is 18.2 Å². The molecule has 1 aromatic rings. The van der Waals surface area contributed by atoms with E-state index in [1.165, 1.54) is 6.07 Å². The zero-order valence-electron chi connectivity index (χ0n) is 10.00. The van der Waals surface area contributed by atoms with Crippen molar-refractivity contribution in [3.8, 4) is 0 Å². The number of thioether (sulfide) groups is 1. The minimum atomic E-state index is -1.12. The highest BCUT2D eigenvalue weighted by molar-refractivity contribution is 7.99. The SMILES string of the molecule is CN(C(=O)c1cccc(C(=O)O)n1)C1CCSC1. The second-order valence-corrected chi connectivity index (χ2v) is 5.30. The van der Waals surface area contributed by atoms with Crippen molar-refractivity contribution in [2.24, 2.45) is 0 Å². The molecule has 1 saturated heterocycles. The maximum absolute atomic E-state index is 12.2. The highest BCUT2D eigenvalue weighted by atomic mass is 32.2. The quantitative estimate of drug-likeness (QED) is 0.894. The van der Waals surface area contributed by atoms with Crippen LogP contribution in [0, 0.1) is 0 Å². The summed E-state index contributed by atoms with van der Waals surface area (Å²) in [6.07, 6.45) is 0.978. The number of pyridine rings is 1. The summed E-state index contributed by atoms with van der Waals surface area (Å²) < 4.78 is 0. The van der Waals surface area contributed by atoms with E-state index in [4.69, 9.17) is 5.11 Å². The van der Waals surface area contributed by atoms with Gasteiger partial charge in [0.15, 0.2) is 0 Å². The Morgan fingerprint density at radius 2 is 2.17 bits per heavy atom. The summed E-state index contributed by atoms with van der Waals surface area (Å²) in [5.74, 6) is 0.653. The van der Waals surface area contributed by atoms with Gasteiger partial charge in [-0.2, -0.15) is 11.8 Å². The Labute approximate surface area is 109 Å². The summed E-state index contributed by atoms with van der Waals surface area (Å²) in [6.45, 7) is 0. The van der Waals surface area contributed by atoms with Gasteiger partial charge in [0.05, 0.1) is 0 Å². The molecular formula is C12H14N2O3S. The predicted molar refractivity (Wildman–Crippen MR) is 69.0 cm³/mol. The summed E-state index contributed by atoms with van der Waals surface area (Å²) >= 11 is 1.82. The van der Waals surface area contributed by atoms with Gasteiger partial charge < -0.3 is 10.0 Å². The lowest BCUT2D eigenvalue weighted by atomic mass is 10.2. The molecule has 1 atom stereocenters. The third-order valence-electron chi connectivity index (χ3n) is 2.96. The van der Waals surface area contributed by atoms with Crippen molar-refractivity contribution in [3.05, 3.63) is 29.6 Å². The molecule has 1 unspecified atom stereocenters. The largest absolute Gasteiger partial charge is 0.477 e. The highest BCUT2D eigenvalue weighted by Crippen LogP contribution is 2.22. The number of carbonyl (C=O) groups is 2. The zero-order valence-corrected chi connectivity index (χ0v) is 10.8. The Bertz CT molecular complexity index is 472. The van der Waals surface area contributed by atoms with E-state index in [9.17, 15) is 9.59 Å². The van der Waals surface area contributed by atoms with Crippen molar-refractivity contribution in [2.45, 2.75) is 12.5 Å². The van der Waals surface area contributed by atoms with Crippen molar-refractivity contribution < 1.29 is 14.7 Å². The van der Waals surface area contributed by atoms with Crippen LogP contribution in [0.25, 0.3) is 0 Å². The number of aromatic carboxylic acids is 1. The lowest BCUT2D eigenvalue weighted by molar-refractivity contribution is 0.0689. The Morgan fingerprint density at radius 1 is 1.44 bits per heavy atom. The third-order valence-corrected chi connectivity index (χ3v) is 4.11. The van der Waals surface area contributed by atoms with Crippen LogP contribution in [-0.2, 0) is 0 Å². The summed E-state index contributed by atoms with van der Waals surface area (Å²) in [5.41, 5.74) is 0.0874. The first-order chi connectivity index (χ1) is 8.59. The van der Waals surface area contributed by atoms with E-state index in [-0.39, 0.29) is 23.3 Å². The number of hydrogen-bond acceptors (Lipinski definition) is 4. The highest BCUT2D eigenvalue weighted by Gasteiger charge is 2.25. The number of hydrogen-bond donors (Lipinski definition) is 1. The molecule has 2 rings (SSSR count). The summed E-state index contributed by atoms with van der Waals surface area (Å²) in [4.78, 5) is 28.5. The van der Waals surface area contributed by atoms with Gasteiger partial charge >= 0.3 is 5.97 Å². The van der Waals surface area contributed by atoms with Gasteiger partial charge in [0, 0.05) is 18.8 Å². The average molecular weight is 266 g/mol. The Hall–Kier alpha value is -1.56. The normalized spacial score (nSPS) is 18.6. The molecule has 1 fully saturated rings. The number of carbonyl (C=O) groups excluding carboxylic acids is 1. The minimum Gasteiger partial charge on any atom is -0.477 e. The van der Waals surface area contributed by atoms with Crippen molar-refractivity contribution in [2.75, 3.05) is 18.6 Å². The van der Waals surface area contributed by atoms with Crippen LogP contribution in [0.4, 0.5) is 0 Å². The third kappa shape index (κ3) is 2.64. The van der Waals surface area contributed by atoms with E-state index < -0.39 is 5.97 Å². The fraction of sp³-hybridized carbons (Fsp3) is 0.417. The molecule has 6 heteroatoms. The van der Waals surface area contributed by atoms with Crippen LogP contribution in [0.1, 0.15) is 27.4 Å². The van der Waals surface area contributed by atoms with Crippen molar-refractivity contribution in [1.82, 2.24) is 9.88 Å². The standard InChI is InChI=1S/C12H14N2O3S/c1-14(8-5-6-18-7-8)11(15)9-3-2-4-10(13-9)12(16)17/h2-4,8H,5-7H2,1H3,(H,16,17). The molecule has 1 N–H and O–H groups in total. The lowest BCUT2D eigenvalue weighted by Gasteiger charge is -2.23. The Kier molecular flexibility index (Phi) is 3.86. The molecule has 1 aliphatic rings. The number of aromatic nitrogens is 1. The van der Waals surface area contributed by atoms with Crippen LogP contribution in [-0.4, -0.2) is 51.5 Å². The maximum atomic E-state index is 12.2. The van der Waals surface area contributed by atoms with Crippen LogP contribution in [0.3, 0.4) is 0 Å². The van der Waals surface area contributed by atoms with Gasteiger partial charge in [0.2, 0.25) is 0 Å². The van der Waals surface area contributed by atoms with Crippen molar-refractivity contribution in [3.63, 3.8) is 0 Å². The van der Waals surface area contributed by atoms with Crippen molar-refractivity contribution in [1.29, 1.82) is 0 Å². The number of carboxylic acids is 1. The number of amides is 1. The summed E-state index contributed by atoms with van der Waals surface area (Å²) in [5, 5.41) is 8.85. The van der Waals surface area contributed by atoms with E-state index in [1.54, 1.807) is 24.1 Å². The van der Waals surface area contributed by atoms with Gasteiger partial charge in [-0.3, -0.25) is 4.79 Å². The Morgan fingerprint density at radius 3 is 2.78 bits per heavy atom. The second-order valence-electron chi connectivity index (χ2n) is 4.15. The Balaban J connectivity index is 2.17. The molecule has 96 valence electrons. The zero-order chi connectivity index (χ0) is 13.1.